The van der Waals surface area contributed by atoms with E-state index in [1.807, 2.05) is 0 Å². The van der Waals surface area contributed by atoms with Crippen LogP contribution in [0.3, 0.4) is 0 Å². The Labute approximate surface area is 84.4 Å². The molecule has 0 aromatic heterocycles. The molecular weight excluding hydrogens is 286 g/mol. The summed E-state index contributed by atoms with van der Waals surface area (Å²) >= 11 is 1.89. The molecule has 1 atom stereocenters. The minimum atomic E-state index is -0.892. The molecule has 0 bridgehead atoms. The summed E-state index contributed by atoms with van der Waals surface area (Å²) in [4.78, 5) is 11.1. The molecule has 12 heavy (non-hydrogen) atoms. The molecule has 0 aliphatic carbocycles. The van der Waals surface area contributed by atoms with Crippen LogP contribution in [0, 0.1) is 0 Å². The fraction of sp³-hybridized carbons (Fsp3) is 0.875. The summed E-state index contributed by atoms with van der Waals surface area (Å²) in [6.07, 6.45) is 4.86. The molecule has 2 nitrogen and oxygen atoms in total. The summed E-state index contributed by atoms with van der Waals surface area (Å²) in [6.45, 7) is 0. The second-order valence-corrected chi connectivity index (χ2v) is 10.8. The van der Waals surface area contributed by atoms with E-state index in [0.29, 0.717) is 0 Å². The monoisotopic (exact) mass is 301 g/mol. The average Bonchev–Trinajstić information content (AvgIpc) is 2.49. The Kier molecular flexibility index (Phi) is 5.33. The molecule has 0 unspecified atom stereocenters. The van der Waals surface area contributed by atoms with Crippen molar-refractivity contribution in [1.82, 2.24) is 0 Å². The molecule has 0 radical (unpaired) electrons. The molecule has 1 aliphatic rings. The van der Waals surface area contributed by atoms with Crippen LogP contribution < -0.4 is 5.11 Å². The van der Waals surface area contributed by atoms with Gasteiger partial charge in [-0.15, -0.1) is 0 Å². The molecule has 0 amide bonds. The second-order valence-electron chi connectivity index (χ2n) is 2.95. The number of unbranched alkanes of at least 4 members (excludes halogenated alkanes) is 1. The maximum atomic E-state index is 10.1. The van der Waals surface area contributed by atoms with E-state index in [9.17, 15) is 9.90 Å². The Morgan fingerprint density at radius 1 is 1.50 bits per heavy atom. The SMILES string of the molecule is O=C([O-])CCCC[C@@H]1CC[Se][Se]1. The number of rotatable bonds is 5. The van der Waals surface area contributed by atoms with Crippen molar-refractivity contribution in [3.05, 3.63) is 0 Å². The third-order valence-electron chi connectivity index (χ3n) is 1.88. The number of carboxylic acids is 1. The number of carbonyl (C=O) groups is 1. The van der Waals surface area contributed by atoms with Crippen molar-refractivity contribution in [2.45, 2.75) is 42.2 Å². The second kappa shape index (κ2) is 6.04. The van der Waals surface area contributed by atoms with Crippen molar-refractivity contribution in [3.63, 3.8) is 0 Å². The number of aliphatic carboxylic acids is 1. The van der Waals surface area contributed by atoms with E-state index < -0.39 is 5.97 Å². The van der Waals surface area contributed by atoms with Gasteiger partial charge in [-0.25, -0.2) is 0 Å². The number of carboxylic acid groups (broad SMARTS) is 1. The van der Waals surface area contributed by atoms with Gasteiger partial charge >= 0.3 is 84.4 Å². The van der Waals surface area contributed by atoms with Crippen LogP contribution in [-0.2, 0) is 4.79 Å². The van der Waals surface area contributed by atoms with Crippen LogP contribution in [0.15, 0.2) is 0 Å². The first-order valence-corrected chi connectivity index (χ1v) is 10.8. The van der Waals surface area contributed by atoms with E-state index in [2.05, 4.69) is 0 Å². The first-order chi connectivity index (χ1) is 5.79. The van der Waals surface area contributed by atoms with Crippen LogP contribution in [0.2, 0.25) is 10.1 Å². The third kappa shape index (κ3) is 4.51. The van der Waals surface area contributed by atoms with Gasteiger partial charge in [-0.05, 0) is 0 Å². The van der Waals surface area contributed by atoms with Crippen LogP contribution in [-0.4, -0.2) is 32.2 Å². The molecule has 1 saturated heterocycles. The van der Waals surface area contributed by atoms with Crippen molar-refractivity contribution in [2.24, 2.45) is 0 Å². The van der Waals surface area contributed by atoms with E-state index in [0.717, 1.165) is 43.9 Å². The van der Waals surface area contributed by atoms with Gasteiger partial charge in [0.1, 0.15) is 0 Å². The van der Waals surface area contributed by atoms with Gasteiger partial charge in [0.25, 0.3) is 0 Å². The fourth-order valence-electron chi connectivity index (χ4n) is 1.21. The Hall–Kier alpha value is 0.509. The Balaban J connectivity index is 1.91. The topological polar surface area (TPSA) is 40.1 Å². The molecule has 1 heterocycles. The molecule has 0 saturated carbocycles. The van der Waals surface area contributed by atoms with E-state index >= 15 is 0 Å². The van der Waals surface area contributed by atoms with Crippen LogP contribution in [0.1, 0.15) is 32.1 Å². The molecule has 1 rings (SSSR count). The zero-order valence-corrected chi connectivity index (χ0v) is 10.4. The standard InChI is InChI=1S/C8H14O2Se2/c9-8(10)4-2-1-3-7-5-6-11-12-7/h7H,1-6H2,(H,9,10)/p-1/t7-/m1/s1. The molecule has 4 heteroatoms. The van der Waals surface area contributed by atoms with E-state index in [1.165, 1.54) is 18.2 Å². The van der Waals surface area contributed by atoms with Crippen LogP contribution in [0.4, 0.5) is 0 Å². The maximum absolute atomic E-state index is 10.1. The first kappa shape index (κ1) is 10.6. The van der Waals surface area contributed by atoms with Gasteiger partial charge in [0, 0.05) is 0 Å². The van der Waals surface area contributed by atoms with E-state index in [4.69, 9.17) is 0 Å². The van der Waals surface area contributed by atoms with E-state index in [-0.39, 0.29) is 6.42 Å². The van der Waals surface area contributed by atoms with Crippen molar-refractivity contribution in [3.8, 4) is 0 Å². The fourth-order valence-corrected chi connectivity index (χ4v) is 10.7. The van der Waals surface area contributed by atoms with Crippen LogP contribution >= 0.6 is 0 Å². The zero-order valence-electron chi connectivity index (χ0n) is 6.95. The van der Waals surface area contributed by atoms with Gasteiger partial charge in [-0.1, -0.05) is 0 Å². The van der Waals surface area contributed by atoms with Crippen molar-refractivity contribution in [2.75, 3.05) is 0 Å². The molecular formula is C8H13O2Se2-. The summed E-state index contributed by atoms with van der Waals surface area (Å²) < 4.78 is 0. The molecule has 0 N–H and O–H groups in total. The van der Waals surface area contributed by atoms with Gasteiger partial charge < -0.3 is 0 Å². The number of carbonyl (C=O) groups excluding carboxylic acids is 1. The summed E-state index contributed by atoms with van der Waals surface area (Å²) in [5, 5.41) is 11.6. The molecule has 0 spiro atoms. The van der Waals surface area contributed by atoms with Gasteiger partial charge in [-0.3, -0.25) is 0 Å². The van der Waals surface area contributed by atoms with Gasteiger partial charge in [0.15, 0.2) is 0 Å². The number of hydrogen-bond donors (Lipinski definition) is 0. The van der Waals surface area contributed by atoms with Crippen molar-refractivity contribution >= 4 is 32.2 Å². The quantitative estimate of drug-likeness (QED) is 0.538. The van der Waals surface area contributed by atoms with Gasteiger partial charge in [0.2, 0.25) is 0 Å². The summed E-state index contributed by atoms with van der Waals surface area (Å²) in [5.74, 6) is -0.892. The van der Waals surface area contributed by atoms with Crippen LogP contribution in [0.5, 0.6) is 0 Å². The molecule has 0 aromatic carbocycles. The predicted octanol–water partition coefficient (Wildman–Crippen LogP) is 0.231. The Morgan fingerprint density at radius 2 is 2.33 bits per heavy atom. The normalized spacial score (nSPS) is 22.8. The molecule has 1 fully saturated rings. The third-order valence-corrected chi connectivity index (χ3v) is 10.8. The Morgan fingerprint density at radius 3 is 2.92 bits per heavy atom. The molecule has 1 aliphatic heterocycles. The molecule has 70 valence electrons. The summed E-state index contributed by atoms with van der Waals surface area (Å²) in [7, 11) is 0. The van der Waals surface area contributed by atoms with Crippen molar-refractivity contribution in [1.29, 1.82) is 0 Å². The van der Waals surface area contributed by atoms with Gasteiger partial charge in [-0.2, -0.15) is 0 Å². The van der Waals surface area contributed by atoms with Crippen molar-refractivity contribution < 1.29 is 9.90 Å². The number of hydrogen-bond acceptors (Lipinski definition) is 2. The minimum absolute atomic E-state index is 0.255. The predicted molar refractivity (Wildman–Crippen MR) is 48.2 cm³/mol. The van der Waals surface area contributed by atoms with Gasteiger partial charge in [0.05, 0.1) is 0 Å². The Bertz CT molecular complexity index is 144. The van der Waals surface area contributed by atoms with E-state index in [1.54, 1.807) is 0 Å². The summed E-state index contributed by atoms with van der Waals surface area (Å²) in [5.41, 5.74) is 0. The zero-order chi connectivity index (χ0) is 8.81. The molecule has 0 aromatic rings. The first-order valence-electron chi connectivity index (χ1n) is 4.27. The average molecular weight is 299 g/mol. The van der Waals surface area contributed by atoms with Crippen LogP contribution in [0.25, 0.3) is 0 Å². The summed E-state index contributed by atoms with van der Waals surface area (Å²) in [6, 6.07) is 0.